The Morgan fingerprint density at radius 2 is 1.29 bits per heavy atom. The van der Waals surface area contributed by atoms with E-state index in [1.807, 2.05) is 69.3 Å². The minimum absolute atomic E-state index is 0.258. The number of para-hydroxylation sites is 2. The van der Waals surface area contributed by atoms with Crippen LogP contribution in [0.3, 0.4) is 0 Å². The Morgan fingerprint density at radius 3 is 1.80 bits per heavy atom. The molecule has 3 aromatic rings. The van der Waals surface area contributed by atoms with Crippen LogP contribution in [0.25, 0.3) is 0 Å². The first kappa shape index (κ1) is 23.9. The zero-order valence-electron chi connectivity index (χ0n) is 19.9. The fraction of sp³-hybridized carbons (Fsp3) is 0.259. The molecule has 2 N–H and O–H groups in total. The highest BCUT2D eigenvalue weighted by molar-refractivity contribution is 5.98. The fourth-order valence-electron chi connectivity index (χ4n) is 3.97. The number of hydrogen-bond acceptors (Lipinski definition) is 6. The summed E-state index contributed by atoms with van der Waals surface area (Å²) in [7, 11) is 0. The van der Waals surface area contributed by atoms with Crippen molar-refractivity contribution < 1.29 is 28.5 Å². The van der Waals surface area contributed by atoms with Crippen LogP contribution in [-0.2, 0) is 4.79 Å². The minimum atomic E-state index is -0.644. The van der Waals surface area contributed by atoms with Gasteiger partial charge in [0.1, 0.15) is 11.5 Å². The van der Waals surface area contributed by atoms with E-state index in [9.17, 15) is 9.59 Å². The molecule has 8 heteroatoms. The topological polar surface area (TPSA) is 95.1 Å². The van der Waals surface area contributed by atoms with E-state index in [1.165, 1.54) is 0 Å². The predicted molar refractivity (Wildman–Crippen MR) is 130 cm³/mol. The van der Waals surface area contributed by atoms with E-state index in [2.05, 4.69) is 10.9 Å². The maximum absolute atomic E-state index is 13.3. The summed E-state index contributed by atoms with van der Waals surface area (Å²) >= 11 is 0. The van der Waals surface area contributed by atoms with Crippen LogP contribution < -0.4 is 29.8 Å². The number of amides is 2. The van der Waals surface area contributed by atoms with Gasteiger partial charge in [0.05, 0.1) is 25.7 Å². The van der Waals surface area contributed by atoms with Gasteiger partial charge in [-0.05, 0) is 45.0 Å². The number of hydrogen-bond donors (Lipinski definition) is 2. The van der Waals surface area contributed by atoms with Crippen molar-refractivity contribution in [3.63, 3.8) is 0 Å². The highest BCUT2D eigenvalue weighted by Crippen LogP contribution is 2.44. The summed E-state index contributed by atoms with van der Waals surface area (Å²) in [5, 5.41) is 0. The van der Waals surface area contributed by atoms with Crippen molar-refractivity contribution in [2.45, 2.75) is 26.7 Å². The molecule has 0 aromatic heterocycles. The quantitative estimate of drug-likeness (QED) is 0.462. The standard InChI is InChI=1S/C27H28N2O6/c1-4-32-22-15-17(16-23(33-5-2)25(22)34-6-3)26(30)28-29-27(31)24-18-11-7-9-13-20(18)35-21-14-10-8-12-19(21)24/h7-16,24H,4-6H2,1-3H3,(H,28,30)(H,29,31). The van der Waals surface area contributed by atoms with E-state index in [4.69, 9.17) is 18.9 Å². The SMILES string of the molecule is CCOc1cc(C(=O)NNC(=O)C2c3ccccc3Oc3ccccc32)cc(OCC)c1OCC. The highest BCUT2D eigenvalue weighted by atomic mass is 16.5. The van der Waals surface area contributed by atoms with Crippen molar-refractivity contribution in [3.05, 3.63) is 77.4 Å². The van der Waals surface area contributed by atoms with Gasteiger partial charge in [-0.3, -0.25) is 20.4 Å². The first-order valence-electron chi connectivity index (χ1n) is 11.6. The Balaban J connectivity index is 1.57. The van der Waals surface area contributed by atoms with Crippen molar-refractivity contribution in [1.29, 1.82) is 0 Å². The summed E-state index contributed by atoms with van der Waals surface area (Å²) < 4.78 is 23.0. The van der Waals surface area contributed by atoms with E-state index in [1.54, 1.807) is 12.1 Å². The van der Waals surface area contributed by atoms with Crippen LogP contribution in [-0.4, -0.2) is 31.6 Å². The highest BCUT2D eigenvalue weighted by Gasteiger charge is 2.32. The van der Waals surface area contributed by atoms with Gasteiger partial charge in [0, 0.05) is 16.7 Å². The molecular weight excluding hydrogens is 448 g/mol. The van der Waals surface area contributed by atoms with Gasteiger partial charge in [0.15, 0.2) is 11.5 Å². The average molecular weight is 477 g/mol. The predicted octanol–water partition coefficient (Wildman–Crippen LogP) is 4.58. The number of carbonyl (C=O) groups excluding carboxylic acids is 2. The zero-order valence-corrected chi connectivity index (χ0v) is 19.9. The molecule has 3 aromatic carbocycles. The molecular formula is C27H28N2O6. The molecule has 1 heterocycles. The first-order chi connectivity index (χ1) is 17.1. The van der Waals surface area contributed by atoms with E-state index < -0.39 is 11.8 Å². The molecule has 2 amide bonds. The van der Waals surface area contributed by atoms with Crippen LogP contribution in [0.1, 0.15) is 48.2 Å². The van der Waals surface area contributed by atoms with Crippen LogP contribution in [0.15, 0.2) is 60.7 Å². The van der Waals surface area contributed by atoms with Gasteiger partial charge in [0.2, 0.25) is 5.75 Å². The molecule has 0 saturated carbocycles. The third-order valence-electron chi connectivity index (χ3n) is 5.41. The summed E-state index contributed by atoms with van der Waals surface area (Å²) in [6, 6.07) is 17.8. The summed E-state index contributed by atoms with van der Waals surface area (Å²) in [6.07, 6.45) is 0. The molecule has 0 saturated heterocycles. The van der Waals surface area contributed by atoms with Gasteiger partial charge in [0.25, 0.3) is 11.8 Å². The Bertz CT molecular complexity index is 1150. The number of benzene rings is 3. The second kappa shape index (κ2) is 10.8. The van der Waals surface area contributed by atoms with Gasteiger partial charge in [-0.15, -0.1) is 0 Å². The first-order valence-corrected chi connectivity index (χ1v) is 11.6. The molecule has 4 rings (SSSR count). The minimum Gasteiger partial charge on any atom is -0.490 e. The molecule has 0 unspecified atom stereocenters. The molecule has 0 spiro atoms. The van der Waals surface area contributed by atoms with Crippen LogP contribution in [0.2, 0.25) is 0 Å². The molecule has 35 heavy (non-hydrogen) atoms. The molecule has 1 aliphatic rings. The van der Waals surface area contributed by atoms with Gasteiger partial charge in [-0.1, -0.05) is 36.4 Å². The van der Waals surface area contributed by atoms with Crippen LogP contribution in [0.5, 0.6) is 28.7 Å². The zero-order chi connectivity index (χ0) is 24.8. The van der Waals surface area contributed by atoms with Crippen LogP contribution in [0.4, 0.5) is 0 Å². The molecule has 182 valence electrons. The monoisotopic (exact) mass is 476 g/mol. The lowest BCUT2D eigenvalue weighted by Crippen LogP contribution is -2.44. The third kappa shape index (κ3) is 5.01. The number of nitrogens with one attached hydrogen (secondary N) is 2. The Kier molecular flexibility index (Phi) is 7.40. The molecule has 0 radical (unpaired) electrons. The molecule has 8 nitrogen and oxygen atoms in total. The van der Waals surface area contributed by atoms with Crippen molar-refractivity contribution in [3.8, 4) is 28.7 Å². The summed E-state index contributed by atoms with van der Waals surface area (Å²) in [5.41, 5.74) is 6.78. The van der Waals surface area contributed by atoms with E-state index in [0.29, 0.717) is 48.6 Å². The molecule has 0 atom stereocenters. The number of carbonyl (C=O) groups is 2. The van der Waals surface area contributed by atoms with E-state index in [0.717, 1.165) is 11.1 Å². The van der Waals surface area contributed by atoms with Crippen LogP contribution in [0, 0.1) is 0 Å². The van der Waals surface area contributed by atoms with E-state index in [-0.39, 0.29) is 11.5 Å². The third-order valence-corrected chi connectivity index (χ3v) is 5.41. The Morgan fingerprint density at radius 1 is 0.771 bits per heavy atom. The fourth-order valence-corrected chi connectivity index (χ4v) is 3.97. The number of fused-ring (bicyclic) bond motifs is 2. The van der Waals surface area contributed by atoms with Crippen molar-refractivity contribution >= 4 is 11.8 Å². The maximum Gasteiger partial charge on any atom is 0.269 e. The molecule has 1 aliphatic heterocycles. The van der Waals surface area contributed by atoms with Crippen molar-refractivity contribution in [2.24, 2.45) is 0 Å². The van der Waals surface area contributed by atoms with Crippen LogP contribution >= 0.6 is 0 Å². The van der Waals surface area contributed by atoms with Crippen molar-refractivity contribution in [1.82, 2.24) is 10.9 Å². The Labute approximate surface area is 204 Å². The molecule has 0 aliphatic carbocycles. The average Bonchev–Trinajstić information content (AvgIpc) is 2.87. The Hall–Kier alpha value is -4.20. The number of ether oxygens (including phenoxy) is 4. The maximum atomic E-state index is 13.3. The van der Waals surface area contributed by atoms with Gasteiger partial charge >= 0.3 is 0 Å². The second-order valence-corrected chi connectivity index (χ2v) is 7.65. The smallest absolute Gasteiger partial charge is 0.269 e. The van der Waals surface area contributed by atoms with Gasteiger partial charge in [-0.2, -0.15) is 0 Å². The summed E-state index contributed by atoms with van der Waals surface area (Å²) in [6.45, 7) is 6.72. The number of hydrazine groups is 1. The molecule has 0 bridgehead atoms. The summed E-state index contributed by atoms with van der Waals surface area (Å²) in [5.74, 6) is 0.883. The lowest BCUT2D eigenvalue weighted by Gasteiger charge is -2.27. The normalized spacial score (nSPS) is 12.0. The second-order valence-electron chi connectivity index (χ2n) is 7.65. The lowest BCUT2D eigenvalue weighted by atomic mass is 9.87. The summed E-state index contributed by atoms with van der Waals surface area (Å²) in [4.78, 5) is 26.3. The van der Waals surface area contributed by atoms with Gasteiger partial charge in [-0.25, -0.2) is 0 Å². The molecule has 0 fully saturated rings. The van der Waals surface area contributed by atoms with E-state index >= 15 is 0 Å². The van der Waals surface area contributed by atoms with Gasteiger partial charge < -0.3 is 18.9 Å². The largest absolute Gasteiger partial charge is 0.490 e. The number of rotatable bonds is 8. The van der Waals surface area contributed by atoms with Crippen molar-refractivity contribution in [2.75, 3.05) is 19.8 Å². The lowest BCUT2D eigenvalue weighted by molar-refractivity contribution is -0.122.